The Morgan fingerprint density at radius 2 is 1.76 bits per heavy atom. The quantitative estimate of drug-likeness (QED) is 0.771. The smallest absolute Gasteiger partial charge is 0.183 e. The number of hydrogen-bond acceptors (Lipinski definition) is 3. The van der Waals surface area contributed by atoms with Crippen LogP contribution >= 0.6 is 34.8 Å². The summed E-state index contributed by atoms with van der Waals surface area (Å²) >= 11 is 17.4. The second-order valence-electron chi connectivity index (χ2n) is 2.98. The Hall–Kier alpha value is -1.10. The highest BCUT2D eigenvalue weighted by molar-refractivity contribution is 6.37. The fourth-order valence-corrected chi connectivity index (χ4v) is 1.78. The van der Waals surface area contributed by atoms with Gasteiger partial charge in [-0.3, -0.25) is 0 Å². The summed E-state index contributed by atoms with van der Waals surface area (Å²) < 4.78 is 18.3. The van der Waals surface area contributed by atoms with Crippen LogP contribution in [-0.4, -0.2) is 9.97 Å². The van der Waals surface area contributed by atoms with E-state index >= 15 is 0 Å². The largest absolute Gasteiger partial charge is 0.449 e. The number of aromatic nitrogens is 2. The Morgan fingerprint density at radius 1 is 1.12 bits per heavy atom. The fraction of sp³-hybridized carbons (Fsp3) is 0. The molecule has 0 saturated heterocycles. The molecule has 0 aliphatic carbocycles. The minimum Gasteiger partial charge on any atom is -0.449 e. The normalized spacial score (nSPS) is 10.4. The summed E-state index contributed by atoms with van der Waals surface area (Å²) in [5.74, 6) is -0.265. The van der Waals surface area contributed by atoms with Gasteiger partial charge in [0.1, 0.15) is 12.1 Å². The Labute approximate surface area is 111 Å². The minimum absolute atomic E-state index is 0.0370. The Morgan fingerprint density at radius 3 is 2.35 bits per heavy atom. The highest BCUT2D eigenvalue weighted by atomic mass is 35.5. The number of nitrogens with zero attached hydrogens (tertiary/aromatic N) is 2. The van der Waals surface area contributed by atoms with Gasteiger partial charge in [-0.2, -0.15) is 0 Å². The maximum atomic E-state index is 13.0. The molecule has 2 rings (SSSR count). The van der Waals surface area contributed by atoms with Gasteiger partial charge in [-0.15, -0.1) is 0 Å². The summed E-state index contributed by atoms with van der Waals surface area (Å²) in [6.45, 7) is 0. The van der Waals surface area contributed by atoms with Gasteiger partial charge in [0.25, 0.3) is 0 Å². The first kappa shape index (κ1) is 12.4. The van der Waals surface area contributed by atoms with Crippen LogP contribution in [0.15, 0.2) is 24.7 Å². The topological polar surface area (TPSA) is 35.0 Å². The van der Waals surface area contributed by atoms with Crippen LogP contribution in [0.1, 0.15) is 0 Å². The van der Waals surface area contributed by atoms with E-state index < -0.39 is 5.82 Å². The zero-order chi connectivity index (χ0) is 12.4. The van der Waals surface area contributed by atoms with Crippen molar-refractivity contribution < 1.29 is 9.13 Å². The summed E-state index contributed by atoms with van der Waals surface area (Å²) in [5, 5.41) is 0.182. The predicted octanol–water partition coefficient (Wildman–Crippen LogP) is 4.37. The molecule has 0 saturated carbocycles. The number of halogens is 4. The van der Waals surface area contributed by atoms with Crippen LogP contribution in [-0.2, 0) is 0 Å². The molecule has 88 valence electrons. The van der Waals surface area contributed by atoms with Crippen molar-refractivity contribution >= 4 is 34.8 Å². The van der Waals surface area contributed by atoms with Crippen LogP contribution in [0.4, 0.5) is 4.39 Å². The molecule has 1 heterocycles. The second kappa shape index (κ2) is 5.04. The predicted molar refractivity (Wildman–Crippen MR) is 63.5 cm³/mol. The standard InChI is InChI=1S/C10H4Cl3FN2O/c11-6-1-5(14)2-7(12)9(6)17-8-3-15-4-16-10(8)13/h1-4H. The van der Waals surface area contributed by atoms with Gasteiger partial charge in [0.05, 0.1) is 16.2 Å². The van der Waals surface area contributed by atoms with Gasteiger partial charge in [0.2, 0.25) is 0 Å². The van der Waals surface area contributed by atoms with Crippen molar-refractivity contribution in [2.45, 2.75) is 0 Å². The molecule has 1 aromatic carbocycles. The monoisotopic (exact) mass is 292 g/mol. The van der Waals surface area contributed by atoms with Crippen LogP contribution in [0.25, 0.3) is 0 Å². The van der Waals surface area contributed by atoms with Crippen LogP contribution < -0.4 is 4.74 Å². The molecule has 3 nitrogen and oxygen atoms in total. The average Bonchev–Trinajstić information content (AvgIpc) is 2.25. The Balaban J connectivity index is 2.40. The van der Waals surface area contributed by atoms with E-state index in [0.717, 1.165) is 12.1 Å². The maximum absolute atomic E-state index is 13.0. The van der Waals surface area contributed by atoms with Gasteiger partial charge in [0.15, 0.2) is 16.7 Å². The molecule has 2 aromatic rings. The lowest BCUT2D eigenvalue weighted by atomic mass is 10.3. The van der Waals surface area contributed by atoms with E-state index in [-0.39, 0.29) is 26.7 Å². The van der Waals surface area contributed by atoms with Gasteiger partial charge in [-0.05, 0) is 12.1 Å². The zero-order valence-electron chi connectivity index (χ0n) is 8.12. The molecule has 17 heavy (non-hydrogen) atoms. The van der Waals surface area contributed by atoms with Crippen molar-refractivity contribution in [3.8, 4) is 11.5 Å². The van der Waals surface area contributed by atoms with Crippen molar-refractivity contribution in [3.63, 3.8) is 0 Å². The van der Waals surface area contributed by atoms with Crippen LogP contribution in [0.5, 0.6) is 11.5 Å². The van der Waals surface area contributed by atoms with E-state index in [4.69, 9.17) is 39.5 Å². The molecule has 0 N–H and O–H groups in total. The molecule has 0 aliphatic rings. The van der Waals surface area contributed by atoms with Crippen molar-refractivity contribution in [1.82, 2.24) is 9.97 Å². The van der Waals surface area contributed by atoms with E-state index in [0.29, 0.717) is 0 Å². The molecular formula is C10H4Cl3FN2O. The van der Waals surface area contributed by atoms with E-state index in [1.807, 2.05) is 0 Å². The van der Waals surface area contributed by atoms with E-state index in [9.17, 15) is 4.39 Å². The first-order valence-corrected chi connectivity index (χ1v) is 5.49. The SMILES string of the molecule is Fc1cc(Cl)c(Oc2cncnc2Cl)c(Cl)c1. The molecule has 7 heteroatoms. The lowest BCUT2D eigenvalue weighted by Gasteiger charge is -2.09. The molecule has 0 atom stereocenters. The summed E-state index contributed by atoms with van der Waals surface area (Å²) in [6, 6.07) is 2.17. The molecule has 0 bridgehead atoms. The van der Waals surface area contributed by atoms with Crippen LogP contribution in [0, 0.1) is 5.82 Å². The van der Waals surface area contributed by atoms with Crippen LogP contribution in [0.3, 0.4) is 0 Å². The number of benzene rings is 1. The third-order valence-electron chi connectivity index (χ3n) is 1.81. The van der Waals surface area contributed by atoms with Gasteiger partial charge < -0.3 is 4.74 Å². The Kier molecular flexibility index (Phi) is 3.66. The summed E-state index contributed by atoms with van der Waals surface area (Å²) in [6.07, 6.45) is 2.62. The minimum atomic E-state index is -0.553. The highest BCUT2D eigenvalue weighted by Gasteiger charge is 2.13. The first-order valence-electron chi connectivity index (χ1n) is 4.36. The van der Waals surface area contributed by atoms with Crippen molar-refractivity contribution in [1.29, 1.82) is 0 Å². The van der Waals surface area contributed by atoms with Gasteiger partial charge in [0, 0.05) is 0 Å². The number of hydrogen-bond donors (Lipinski definition) is 0. The maximum Gasteiger partial charge on any atom is 0.183 e. The molecule has 0 amide bonds. The highest BCUT2D eigenvalue weighted by Crippen LogP contribution is 2.38. The molecule has 0 radical (unpaired) electrons. The van der Waals surface area contributed by atoms with Crippen molar-refractivity contribution in [3.05, 3.63) is 45.7 Å². The average molecular weight is 294 g/mol. The van der Waals surface area contributed by atoms with Crippen LogP contribution in [0.2, 0.25) is 15.2 Å². The third kappa shape index (κ3) is 2.77. The van der Waals surface area contributed by atoms with E-state index in [1.165, 1.54) is 12.5 Å². The molecule has 0 fully saturated rings. The molecule has 0 aliphatic heterocycles. The number of ether oxygens (including phenoxy) is 1. The first-order chi connectivity index (χ1) is 8.08. The van der Waals surface area contributed by atoms with Gasteiger partial charge in [-0.1, -0.05) is 34.8 Å². The van der Waals surface area contributed by atoms with Gasteiger partial charge >= 0.3 is 0 Å². The summed E-state index contributed by atoms with van der Waals surface area (Å²) in [7, 11) is 0. The zero-order valence-corrected chi connectivity index (χ0v) is 10.4. The lowest BCUT2D eigenvalue weighted by molar-refractivity contribution is 0.476. The summed E-state index contributed by atoms with van der Waals surface area (Å²) in [4.78, 5) is 7.46. The number of rotatable bonds is 2. The van der Waals surface area contributed by atoms with E-state index in [2.05, 4.69) is 9.97 Å². The lowest BCUT2D eigenvalue weighted by Crippen LogP contribution is -1.91. The molecule has 1 aromatic heterocycles. The van der Waals surface area contributed by atoms with Crippen molar-refractivity contribution in [2.24, 2.45) is 0 Å². The van der Waals surface area contributed by atoms with E-state index in [1.54, 1.807) is 0 Å². The molecule has 0 spiro atoms. The van der Waals surface area contributed by atoms with Crippen molar-refractivity contribution in [2.75, 3.05) is 0 Å². The second-order valence-corrected chi connectivity index (χ2v) is 4.15. The van der Waals surface area contributed by atoms with Gasteiger partial charge in [-0.25, -0.2) is 14.4 Å². The third-order valence-corrected chi connectivity index (χ3v) is 2.65. The Bertz CT molecular complexity index is 542. The molecule has 0 unspecified atom stereocenters. The fourth-order valence-electron chi connectivity index (χ4n) is 1.11. The summed E-state index contributed by atoms with van der Waals surface area (Å²) in [5.41, 5.74) is 0. The molecular weight excluding hydrogens is 289 g/mol.